The van der Waals surface area contributed by atoms with E-state index in [1.165, 1.54) is 0 Å². The first-order valence-corrected chi connectivity index (χ1v) is 8.74. The van der Waals surface area contributed by atoms with E-state index in [4.69, 9.17) is 14.0 Å². The van der Waals surface area contributed by atoms with Gasteiger partial charge in [-0.15, -0.1) is 0 Å². The zero-order chi connectivity index (χ0) is 18.6. The van der Waals surface area contributed by atoms with Gasteiger partial charge in [0, 0.05) is 6.42 Å². The van der Waals surface area contributed by atoms with Gasteiger partial charge in [-0.1, -0.05) is 47.6 Å². The highest BCUT2D eigenvalue weighted by molar-refractivity contribution is 5.82. The Labute approximate surface area is 156 Å². The van der Waals surface area contributed by atoms with E-state index in [0.29, 0.717) is 29.6 Å². The largest absolute Gasteiger partial charge is 0.482 e. The summed E-state index contributed by atoms with van der Waals surface area (Å²) in [6.07, 6.45) is -0.575. The van der Waals surface area contributed by atoms with Gasteiger partial charge < -0.3 is 19.3 Å². The molecule has 0 spiro atoms. The summed E-state index contributed by atoms with van der Waals surface area (Å²) in [6.45, 7) is 1.93. The fourth-order valence-electron chi connectivity index (χ4n) is 2.88. The van der Waals surface area contributed by atoms with Crippen molar-refractivity contribution in [2.75, 3.05) is 0 Å². The molecule has 3 aromatic rings. The highest BCUT2D eigenvalue weighted by atomic mass is 16.6. The van der Waals surface area contributed by atoms with E-state index in [1.807, 2.05) is 48.5 Å². The van der Waals surface area contributed by atoms with E-state index in [0.717, 1.165) is 5.56 Å². The van der Waals surface area contributed by atoms with Gasteiger partial charge in [0.2, 0.25) is 12.0 Å². The lowest BCUT2D eigenvalue weighted by atomic mass is 10.1. The summed E-state index contributed by atoms with van der Waals surface area (Å²) in [4.78, 5) is 16.8. The van der Waals surface area contributed by atoms with Crippen LogP contribution in [0.25, 0.3) is 0 Å². The fraction of sp³-hybridized carbons (Fsp3) is 0.250. The number of benzene rings is 2. The molecule has 1 aromatic heterocycles. The van der Waals surface area contributed by atoms with Crippen LogP contribution in [-0.2, 0) is 17.8 Å². The number of para-hydroxylation sites is 2. The van der Waals surface area contributed by atoms with Crippen molar-refractivity contribution < 1.29 is 18.8 Å². The third-order valence-corrected chi connectivity index (χ3v) is 4.23. The van der Waals surface area contributed by atoms with Crippen LogP contribution in [0.1, 0.15) is 24.2 Å². The molecule has 0 fully saturated rings. The Hall–Kier alpha value is -3.35. The summed E-state index contributed by atoms with van der Waals surface area (Å²) in [6, 6.07) is 17.1. The first kappa shape index (κ1) is 17.1. The summed E-state index contributed by atoms with van der Waals surface area (Å²) in [5, 5.41) is 6.72. The van der Waals surface area contributed by atoms with E-state index in [9.17, 15) is 4.79 Å². The molecule has 0 saturated heterocycles. The minimum absolute atomic E-state index is 0.134. The summed E-state index contributed by atoms with van der Waals surface area (Å²) in [5.41, 5.74) is 1.09. The average molecular weight is 365 g/mol. The Kier molecular flexibility index (Phi) is 4.74. The number of hydrogen-bond acceptors (Lipinski definition) is 6. The number of hydrogen-bond donors (Lipinski definition) is 1. The lowest BCUT2D eigenvalue weighted by molar-refractivity contribution is -0.133. The van der Waals surface area contributed by atoms with Crippen molar-refractivity contribution in [2.45, 2.75) is 32.1 Å². The predicted molar refractivity (Wildman–Crippen MR) is 96.3 cm³/mol. The molecule has 1 aliphatic rings. The number of ether oxygens (including phenoxy) is 2. The number of carbonyl (C=O) groups is 1. The van der Waals surface area contributed by atoms with Crippen LogP contribution in [0.5, 0.6) is 11.5 Å². The highest BCUT2D eigenvalue weighted by Gasteiger charge is 2.34. The SMILES string of the molecule is C[C@H]1Oc2ccccc2O[C@@H]1C(=O)NCc1nc(Cc2ccccc2)no1. The van der Waals surface area contributed by atoms with E-state index < -0.39 is 12.2 Å². The fourth-order valence-corrected chi connectivity index (χ4v) is 2.88. The van der Waals surface area contributed by atoms with Crippen LogP contribution >= 0.6 is 0 Å². The Morgan fingerprint density at radius 3 is 2.52 bits per heavy atom. The number of nitrogens with zero attached hydrogens (tertiary/aromatic N) is 2. The monoisotopic (exact) mass is 365 g/mol. The van der Waals surface area contributed by atoms with Gasteiger partial charge in [0.15, 0.2) is 17.3 Å². The Morgan fingerprint density at radius 2 is 1.74 bits per heavy atom. The number of carbonyl (C=O) groups excluding carboxylic acids is 1. The van der Waals surface area contributed by atoms with E-state index in [-0.39, 0.29) is 12.5 Å². The number of nitrogens with one attached hydrogen (secondary N) is 1. The Balaban J connectivity index is 1.34. The number of fused-ring (bicyclic) bond motifs is 1. The van der Waals surface area contributed by atoms with Gasteiger partial charge in [-0.25, -0.2) is 0 Å². The van der Waals surface area contributed by atoms with Gasteiger partial charge in [0.05, 0.1) is 6.54 Å². The summed E-state index contributed by atoms with van der Waals surface area (Å²) >= 11 is 0. The van der Waals surface area contributed by atoms with Crippen LogP contribution in [0.4, 0.5) is 0 Å². The maximum absolute atomic E-state index is 12.5. The molecule has 4 rings (SSSR count). The van der Waals surface area contributed by atoms with Crippen molar-refractivity contribution in [3.05, 3.63) is 71.9 Å². The molecule has 0 bridgehead atoms. The molecule has 2 atom stereocenters. The van der Waals surface area contributed by atoms with Crippen molar-refractivity contribution in [1.82, 2.24) is 15.5 Å². The molecule has 0 aliphatic carbocycles. The van der Waals surface area contributed by atoms with Crippen molar-refractivity contribution in [3.8, 4) is 11.5 Å². The maximum atomic E-state index is 12.5. The Morgan fingerprint density at radius 1 is 1.04 bits per heavy atom. The molecule has 0 unspecified atom stereocenters. The van der Waals surface area contributed by atoms with Crippen LogP contribution < -0.4 is 14.8 Å². The minimum Gasteiger partial charge on any atom is -0.482 e. The van der Waals surface area contributed by atoms with Gasteiger partial charge in [0.25, 0.3) is 5.91 Å². The number of rotatable bonds is 5. The third kappa shape index (κ3) is 3.92. The molecular formula is C20H19N3O4. The second-order valence-electron chi connectivity index (χ2n) is 6.29. The topological polar surface area (TPSA) is 86.5 Å². The third-order valence-electron chi connectivity index (χ3n) is 4.23. The molecule has 2 aromatic carbocycles. The molecule has 0 radical (unpaired) electrons. The quantitative estimate of drug-likeness (QED) is 0.748. The second kappa shape index (κ2) is 7.49. The summed E-state index contributed by atoms with van der Waals surface area (Å²) in [7, 11) is 0. The van der Waals surface area contributed by atoms with Crippen LogP contribution in [0.3, 0.4) is 0 Å². The van der Waals surface area contributed by atoms with Gasteiger partial charge in [0.1, 0.15) is 6.10 Å². The molecule has 1 N–H and O–H groups in total. The maximum Gasteiger partial charge on any atom is 0.265 e. The van der Waals surface area contributed by atoms with E-state index >= 15 is 0 Å². The molecular weight excluding hydrogens is 346 g/mol. The van der Waals surface area contributed by atoms with E-state index in [2.05, 4.69) is 15.5 Å². The van der Waals surface area contributed by atoms with Gasteiger partial charge >= 0.3 is 0 Å². The Bertz CT molecular complexity index is 926. The van der Waals surface area contributed by atoms with Gasteiger partial charge in [-0.05, 0) is 24.6 Å². The van der Waals surface area contributed by atoms with Crippen molar-refractivity contribution in [1.29, 1.82) is 0 Å². The average Bonchev–Trinajstić information content (AvgIpc) is 3.13. The molecule has 1 aliphatic heterocycles. The van der Waals surface area contributed by atoms with Gasteiger partial charge in [-0.3, -0.25) is 4.79 Å². The minimum atomic E-state index is -0.744. The highest BCUT2D eigenvalue weighted by Crippen LogP contribution is 2.33. The number of aromatic nitrogens is 2. The predicted octanol–water partition coefficient (Wildman–Crippen LogP) is 2.51. The lowest BCUT2D eigenvalue weighted by Gasteiger charge is -2.30. The van der Waals surface area contributed by atoms with Crippen LogP contribution in [0, 0.1) is 0 Å². The van der Waals surface area contributed by atoms with Crippen molar-refractivity contribution >= 4 is 5.91 Å². The van der Waals surface area contributed by atoms with Gasteiger partial charge in [-0.2, -0.15) is 4.98 Å². The lowest BCUT2D eigenvalue weighted by Crippen LogP contribution is -2.48. The molecule has 138 valence electrons. The first-order valence-electron chi connectivity index (χ1n) is 8.74. The van der Waals surface area contributed by atoms with Crippen LogP contribution in [0.15, 0.2) is 59.1 Å². The van der Waals surface area contributed by atoms with E-state index in [1.54, 1.807) is 13.0 Å². The molecule has 2 heterocycles. The second-order valence-corrected chi connectivity index (χ2v) is 6.29. The first-order chi connectivity index (χ1) is 13.2. The molecule has 27 heavy (non-hydrogen) atoms. The van der Waals surface area contributed by atoms with Crippen molar-refractivity contribution in [2.24, 2.45) is 0 Å². The van der Waals surface area contributed by atoms with Crippen molar-refractivity contribution in [3.63, 3.8) is 0 Å². The molecule has 1 amide bonds. The molecule has 7 nitrogen and oxygen atoms in total. The zero-order valence-corrected chi connectivity index (χ0v) is 14.8. The standard InChI is InChI=1S/C20H19N3O4/c1-13-19(26-16-10-6-5-9-15(16)25-13)20(24)21-12-18-22-17(23-27-18)11-14-7-3-2-4-8-14/h2-10,13,19H,11-12H2,1H3,(H,21,24)/t13-,19+/m1/s1. The molecule has 7 heteroatoms. The zero-order valence-electron chi connectivity index (χ0n) is 14.8. The smallest absolute Gasteiger partial charge is 0.265 e. The molecule has 0 saturated carbocycles. The van der Waals surface area contributed by atoms with Crippen LogP contribution in [-0.4, -0.2) is 28.3 Å². The summed E-state index contributed by atoms with van der Waals surface area (Å²) in [5.74, 6) is 1.82. The van der Waals surface area contributed by atoms with Crippen LogP contribution in [0.2, 0.25) is 0 Å². The number of amides is 1. The normalized spacial score (nSPS) is 18.1. The summed E-state index contributed by atoms with van der Waals surface area (Å²) < 4.78 is 16.7.